The van der Waals surface area contributed by atoms with Gasteiger partial charge < -0.3 is 15.4 Å². The number of carbonyl (C=O) groups is 2. The molecule has 1 atom stereocenters. The lowest BCUT2D eigenvalue weighted by Crippen LogP contribution is -2.19. The normalized spacial score (nSPS) is 11.2. The van der Waals surface area contributed by atoms with Gasteiger partial charge in [-0.1, -0.05) is 48.5 Å². The lowest BCUT2D eigenvalue weighted by atomic mass is 10.1. The predicted molar refractivity (Wildman–Crippen MR) is 164 cm³/mol. The Balaban J connectivity index is 1.25. The Labute approximate surface area is 246 Å². The monoisotopic (exact) mass is 575 g/mol. The molecule has 8 nitrogen and oxygen atoms in total. The summed E-state index contributed by atoms with van der Waals surface area (Å²) in [5.74, 6) is 0.825. The molecule has 0 aliphatic rings. The molecule has 42 heavy (non-hydrogen) atoms. The number of thioether (sulfide) groups is 1. The van der Waals surface area contributed by atoms with Gasteiger partial charge in [0.05, 0.1) is 4.92 Å². The van der Waals surface area contributed by atoms with Gasteiger partial charge in [-0.3, -0.25) is 19.7 Å². The van der Waals surface area contributed by atoms with Crippen LogP contribution in [0.4, 0.5) is 17.1 Å². The maximum absolute atomic E-state index is 13.5. The fourth-order valence-electron chi connectivity index (χ4n) is 4.03. The predicted octanol–water partition coefficient (Wildman–Crippen LogP) is 8.11. The van der Waals surface area contributed by atoms with E-state index in [1.54, 1.807) is 36.4 Å². The van der Waals surface area contributed by atoms with E-state index in [0.717, 1.165) is 16.2 Å². The number of nitro benzene ring substituents is 1. The van der Waals surface area contributed by atoms with E-state index in [-0.39, 0.29) is 17.5 Å². The van der Waals surface area contributed by atoms with E-state index >= 15 is 0 Å². The summed E-state index contributed by atoms with van der Waals surface area (Å²) in [6.07, 6.45) is 0. The first-order valence-electron chi connectivity index (χ1n) is 13.0. The first kappa shape index (κ1) is 28.1. The lowest BCUT2D eigenvalue weighted by Gasteiger charge is -2.18. The number of hydrogen-bond donors (Lipinski definition) is 2. The molecule has 0 fully saturated rings. The molecular formula is C33H25N3O5S. The third-order valence-electron chi connectivity index (χ3n) is 6.15. The largest absolute Gasteiger partial charge is 0.457 e. The Morgan fingerprint density at radius 2 is 1.21 bits per heavy atom. The molecule has 0 aliphatic heterocycles. The maximum atomic E-state index is 13.5. The van der Waals surface area contributed by atoms with Gasteiger partial charge in [-0.2, -0.15) is 0 Å². The van der Waals surface area contributed by atoms with E-state index in [2.05, 4.69) is 10.6 Å². The summed E-state index contributed by atoms with van der Waals surface area (Å²) in [5.41, 5.74) is 2.27. The minimum atomic E-state index is -0.535. The van der Waals surface area contributed by atoms with Crippen LogP contribution in [0.25, 0.3) is 0 Å². The Bertz CT molecular complexity index is 1660. The van der Waals surface area contributed by atoms with Crippen LogP contribution in [0.15, 0.2) is 138 Å². The number of rotatable bonds is 10. The molecule has 0 aliphatic carbocycles. The highest BCUT2D eigenvalue weighted by Crippen LogP contribution is 2.37. The van der Waals surface area contributed by atoms with E-state index in [1.807, 2.05) is 72.8 Å². The number of nitro groups is 1. The van der Waals surface area contributed by atoms with E-state index in [1.165, 1.54) is 36.0 Å². The number of benzene rings is 5. The molecule has 9 heteroatoms. The van der Waals surface area contributed by atoms with Gasteiger partial charge in [0.2, 0.25) is 5.91 Å². The summed E-state index contributed by atoms with van der Waals surface area (Å²) >= 11 is 1.39. The summed E-state index contributed by atoms with van der Waals surface area (Å²) in [4.78, 5) is 37.2. The van der Waals surface area contributed by atoms with Crippen molar-refractivity contribution >= 4 is 40.6 Å². The smallest absolute Gasteiger partial charge is 0.269 e. The van der Waals surface area contributed by atoms with Crippen molar-refractivity contribution in [2.24, 2.45) is 0 Å². The van der Waals surface area contributed by atoms with Crippen LogP contribution in [-0.4, -0.2) is 16.7 Å². The van der Waals surface area contributed by atoms with Crippen molar-refractivity contribution in [2.75, 3.05) is 10.6 Å². The van der Waals surface area contributed by atoms with Gasteiger partial charge in [-0.15, -0.1) is 11.8 Å². The van der Waals surface area contributed by atoms with Crippen LogP contribution in [0.5, 0.6) is 11.5 Å². The molecule has 5 aromatic carbocycles. The number of ether oxygens (including phenoxy) is 1. The van der Waals surface area contributed by atoms with Crippen molar-refractivity contribution in [1.82, 2.24) is 0 Å². The summed E-state index contributed by atoms with van der Waals surface area (Å²) in [6.45, 7) is 0. The molecule has 0 spiro atoms. The van der Waals surface area contributed by atoms with Crippen LogP contribution in [-0.2, 0) is 4.79 Å². The SMILES string of the molecule is O=C(Nc1ccc(SC(C(=O)Nc2ccc(Oc3ccccc3)cc2)c2ccccc2)cc1)c1ccc([N+](=O)[O-])cc1. The van der Waals surface area contributed by atoms with Crippen molar-refractivity contribution in [2.45, 2.75) is 10.1 Å². The van der Waals surface area contributed by atoms with Gasteiger partial charge in [0.25, 0.3) is 11.6 Å². The van der Waals surface area contributed by atoms with Crippen LogP contribution in [0, 0.1) is 10.1 Å². The van der Waals surface area contributed by atoms with E-state index in [9.17, 15) is 19.7 Å². The zero-order valence-corrected chi connectivity index (χ0v) is 23.0. The molecule has 0 heterocycles. The zero-order chi connectivity index (χ0) is 29.3. The molecule has 0 aromatic heterocycles. The fraction of sp³-hybridized carbons (Fsp3) is 0.0303. The van der Waals surface area contributed by atoms with Gasteiger partial charge in [0, 0.05) is 34.0 Å². The second kappa shape index (κ2) is 13.3. The third kappa shape index (κ3) is 7.41. The van der Waals surface area contributed by atoms with Crippen molar-refractivity contribution in [3.63, 3.8) is 0 Å². The number of nitrogens with zero attached hydrogens (tertiary/aromatic N) is 1. The van der Waals surface area contributed by atoms with Crippen molar-refractivity contribution in [1.29, 1.82) is 0 Å². The molecule has 0 saturated carbocycles. The number of carbonyl (C=O) groups excluding carboxylic acids is 2. The van der Waals surface area contributed by atoms with Gasteiger partial charge in [0.15, 0.2) is 0 Å². The average molecular weight is 576 g/mol. The molecule has 2 N–H and O–H groups in total. The minimum Gasteiger partial charge on any atom is -0.457 e. The van der Waals surface area contributed by atoms with Crippen LogP contribution >= 0.6 is 11.8 Å². The number of nitrogens with one attached hydrogen (secondary N) is 2. The number of non-ortho nitro benzene ring substituents is 1. The number of anilines is 2. The van der Waals surface area contributed by atoms with Gasteiger partial charge in [-0.05, 0) is 78.4 Å². The second-order valence-corrected chi connectivity index (χ2v) is 10.3. The standard InChI is InChI=1S/C33H25N3O5S/c37-32(24-11-17-27(18-12-24)36(39)40)34-26-15-21-30(22-16-26)42-31(23-7-3-1-4-8-23)33(38)35-25-13-19-29(20-14-25)41-28-9-5-2-6-10-28/h1-22,31H,(H,34,37)(H,35,38). The van der Waals surface area contributed by atoms with Crippen LogP contribution in [0.3, 0.4) is 0 Å². The molecule has 5 rings (SSSR count). The molecule has 1 unspecified atom stereocenters. The highest BCUT2D eigenvalue weighted by molar-refractivity contribution is 8.00. The average Bonchev–Trinajstić information content (AvgIpc) is 3.02. The molecule has 5 aromatic rings. The van der Waals surface area contributed by atoms with Crippen LogP contribution < -0.4 is 15.4 Å². The van der Waals surface area contributed by atoms with Gasteiger partial charge in [0.1, 0.15) is 16.7 Å². The Hall–Kier alpha value is -5.41. The summed E-state index contributed by atoms with van der Waals surface area (Å²) in [6, 6.07) is 38.7. The summed E-state index contributed by atoms with van der Waals surface area (Å²) in [7, 11) is 0. The van der Waals surface area contributed by atoms with Crippen molar-refractivity contribution in [3.05, 3.63) is 155 Å². The number of para-hydroxylation sites is 1. The van der Waals surface area contributed by atoms with Crippen LogP contribution in [0.1, 0.15) is 21.2 Å². The van der Waals surface area contributed by atoms with Crippen molar-refractivity contribution in [3.8, 4) is 11.5 Å². The van der Waals surface area contributed by atoms with Crippen molar-refractivity contribution < 1.29 is 19.2 Å². The number of hydrogen-bond acceptors (Lipinski definition) is 6. The quantitative estimate of drug-likeness (QED) is 0.0989. The third-order valence-corrected chi connectivity index (χ3v) is 7.41. The Morgan fingerprint density at radius 3 is 1.83 bits per heavy atom. The molecule has 2 amide bonds. The molecule has 0 radical (unpaired) electrons. The number of amides is 2. The van der Waals surface area contributed by atoms with E-state index in [4.69, 9.17) is 4.74 Å². The lowest BCUT2D eigenvalue weighted by molar-refractivity contribution is -0.384. The highest BCUT2D eigenvalue weighted by atomic mass is 32.2. The molecule has 0 saturated heterocycles. The maximum Gasteiger partial charge on any atom is 0.269 e. The van der Waals surface area contributed by atoms with Gasteiger partial charge in [-0.25, -0.2) is 0 Å². The molecule has 208 valence electrons. The zero-order valence-electron chi connectivity index (χ0n) is 22.2. The van der Waals surface area contributed by atoms with E-state index < -0.39 is 10.2 Å². The van der Waals surface area contributed by atoms with E-state index in [0.29, 0.717) is 22.7 Å². The van der Waals surface area contributed by atoms with Gasteiger partial charge >= 0.3 is 0 Å². The summed E-state index contributed by atoms with van der Waals surface area (Å²) < 4.78 is 5.84. The first-order valence-corrected chi connectivity index (χ1v) is 13.8. The minimum absolute atomic E-state index is 0.0842. The molecule has 0 bridgehead atoms. The first-order chi connectivity index (χ1) is 20.4. The molecular weight excluding hydrogens is 550 g/mol. The topological polar surface area (TPSA) is 111 Å². The Morgan fingerprint density at radius 1 is 0.667 bits per heavy atom. The Kier molecular flexibility index (Phi) is 8.91. The van der Waals surface area contributed by atoms with Crippen LogP contribution in [0.2, 0.25) is 0 Å². The second-order valence-electron chi connectivity index (χ2n) is 9.12. The fourth-order valence-corrected chi connectivity index (χ4v) is 5.05. The summed E-state index contributed by atoms with van der Waals surface area (Å²) in [5, 5.41) is 16.1. The highest BCUT2D eigenvalue weighted by Gasteiger charge is 2.22.